The zero-order chi connectivity index (χ0) is 13.0. The highest BCUT2D eigenvalue weighted by molar-refractivity contribution is 9.10. The summed E-state index contributed by atoms with van der Waals surface area (Å²) in [7, 11) is 1.63. The molecule has 0 bridgehead atoms. The molecule has 0 spiro atoms. The Kier molecular flexibility index (Phi) is 4.10. The van der Waals surface area contributed by atoms with Crippen molar-refractivity contribution in [2.24, 2.45) is 0 Å². The third kappa shape index (κ3) is 2.96. The lowest BCUT2D eigenvalue weighted by molar-refractivity contribution is 0.415. The first kappa shape index (κ1) is 12.8. The van der Waals surface area contributed by atoms with E-state index >= 15 is 0 Å². The van der Waals surface area contributed by atoms with E-state index in [4.69, 9.17) is 10.5 Å². The van der Waals surface area contributed by atoms with Gasteiger partial charge in [0.1, 0.15) is 5.75 Å². The Balaban J connectivity index is 2.09. The topological polar surface area (TPSA) is 47.3 Å². The summed E-state index contributed by atoms with van der Waals surface area (Å²) in [5.41, 5.74) is 8.72. The molecular formula is C14H15BrN2O. The van der Waals surface area contributed by atoms with Crippen LogP contribution in [0.4, 0.5) is 11.4 Å². The number of nitrogens with one attached hydrogen (secondary N) is 1. The minimum atomic E-state index is 0.682. The summed E-state index contributed by atoms with van der Waals surface area (Å²) < 4.78 is 6.20. The maximum atomic E-state index is 5.94. The molecule has 3 N–H and O–H groups in total. The number of rotatable bonds is 4. The molecule has 0 saturated carbocycles. The van der Waals surface area contributed by atoms with Gasteiger partial charge in [0.05, 0.1) is 18.5 Å². The average molecular weight is 307 g/mol. The molecule has 0 radical (unpaired) electrons. The van der Waals surface area contributed by atoms with Gasteiger partial charge in [0.25, 0.3) is 0 Å². The molecule has 2 aromatic carbocycles. The summed E-state index contributed by atoms with van der Waals surface area (Å²) in [6.45, 7) is 0.720. The molecule has 3 nitrogen and oxygen atoms in total. The van der Waals surface area contributed by atoms with E-state index in [0.717, 1.165) is 22.5 Å². The van der Waals surface area contributed by atoms with Crippen LogP contribution in [0, 0.1) is 0 Å². The number of ether oxygens (including phenoxy) is 1. The highest BCUT2D eigenvalue weighted by Crippen LogP contribution is 2.25. The molecule has 0 unspecified atom stereocenters. The lowest BCUT2D eigenvalue weighted by Gasteiger charge is -2.11. The van der Waals surface area contributed by atoms with Crippen molar-refractivity contribution >= 4 is 27.3 Å². The van der Waals surface area contributed by atoms with Crippen molar-refractivity contribution in [3.63, 3.8) is 0 Å². The SMILES string of the molecule is COc1ccc(NCc2ccccc2Br)c(N)c1. The van der Waals surface area contributed by atoms with Crippen LogP contribution in [0.1, 0.15) is 5.56 Å². The van der Waals surface area contributed by atoms with Crippen LogP contribution in [-0.4, -0.2) is 7.11 Å². The van der Waals surface area contributed by atoms with E-state index < -0.39 is 0 Å². The van der Waals surface area contributed by atoms with Crippen molar-refractivity contribution in [3.8, 4) is 5.75 Å². The lowest BCUT2D eigenvalue weighted by Crippen LogP contribution is -2.03. The molecule has 0 aromatic heterocycles. The van der Waals surface area contributed by atoms with Crippen molar-refractivity contribution < 1.29 is 4.74 Å². The van der Waals surface area contributed by atoms with E-state index in [1.165, 1.54) is 5.56 Å². The van der Waals surface area contributed by atoms with Crippen molar-refractivity contribution in [2.75, 3.05) is 18.2 Å². The Morgan fingerprint density at radius 1 is 1.22 bits per heavy atom. The van der Waals surface area contributed by atoms with Crippen LogP contribution in [0.3, 0.4) is 0 Å². The third-order valence-corrected chi connectivity index (χ3v) is 3.46. The number of anilines is 2. The predicted molar refractivity (Wildman–Crippen MR) is 78.9 cm³/mol. The van der Waals surface area contributed by atoms with Crippen LogP contribution in [0.25, 0.3) is 0 Å². The summed E-state index contributed by atoms with van der Waals surface area (Å²) in [6, 6.07) is 13.7. The van der Waals surface area contributed by atoms with Crippen molar-refractivity contribution in [2.45, 2.75) is 6.54 Å². The highest BCUT2D eigenvalue weighted by Gasteiger charge is 2.02. The molecule has 4 heteroatoms. The zero-order valence-corrected chi connectivity index (χ0v) is 11.7. The lowest BCUT2D eigenvalue weighted by atomic mass is 10.2. The van der Waals surface area contributed by atoms with Gasteiger partial charge in [-0.3, -0.25) is 0 Å². The molecule has 2 aromatic rings. The van der Waals surface area contributed by atoms with E-state index in [1.807, 2.05) is 36.4 Å². The number of nitrogens with two attached hydrogens (primary N) is 1. The van der Waals surface area contributed by atoms with Crippen LogP contribution in [0.5, 0.6) is 5.75 Å². The Labute approximate surface area is 115 Å². The van der Waals surface area contributed by atoms with Gasteiger partial charge in [0, 0.05) is 17.1 Å². The van der Waals surface area contributed by atoms with Gasteiger partial charge in [-0.1, -0.05) is 34.1 Å². The third-order valence-electron chi connectivity index (χ3n) is 2.69. The second kappa shape index (κ2) is 5.78. The molecule has 0 aliphatic rings. The molecule has 0 heterocycles. The molecule has 0 saturated heterocycles. The Morgan fingerprint density at radius 3 is 2.67 bits per heavy atom. The molecular weight excluding hydrogens is 292 g/mol. The summed E-state index contributed by atoms with van der Waals surface area (Å²) in [6.07, 6.45) is 0. The van der Waals surface area contributed by atoms with Gasteiger partial charge >= 0.3 is 0 Å². The maximum Gasteiger partial charge on any atom is 0.121 e. The second-order valence-electron chi connectivity index (χ2n) is 3.90. The van der Waals surface area contributed by atoms with Crippen LogP contribution in [-0.2, 0) is 6.54 Å². The fraction of sp³-hybridized carbons (Fsp3) is 0.143. The minimum absolute atomic E-state index is 0.682. The first-order valence-electron chi connectivity index (χ1n) is 5.61. The number of nitrogen functional groups attached to an aromatic ring is 1. The molecule has 94 valence electrons. The molecule has 18 heavy (non-hydrogen) atoms. The molecule has 2 rings (SSSR count). The summed E-state index contributed by atoms with van der Waals surface area (Å²) in [5, 5.41) is 3.31. The van der Waals surface area contributed by atoms with Gasteiger partial charge in [-0.05, 0) is 23.8 Å². The van der Waals surface area contributed by atoms with E-state index in [2.05, 4.69) is 27.3 Å². The van der Waals surface area contributed by atoms with Gasteiger partial charge in [0.15, 0.2) is 0 Å². The largest absolute Gasteiger partial charge is 0.497 e. The van der Waals surface area contributed by atoms with Crippen LogP contribution >= 0.6 is 15.9 Å². The quantitative estimate of drug-likeness (QED) is 0.848. The monoisotopic (exact) mass is 306 g/mol. The Hall–Kier alpha value is -1.68. The fourth-order valence-electron chi connectivity index (χ4n) is 1.66. The van der Waals surface area contributed by atoms with E-state index in [-0.39, 0.29) is 0 Å². The van der Waals surface area contributed by atoms with Gasteiger partial charge in [-0.15, -0.1) is 0 Å². The maximum absolute atomic E-state index is 5.94. The average Bonchev–Trinajstić information content (AvgIpc) is 2.39. The smallest absolute Gasteiger partial charge is 0.121 e. The number of benzene rings is 2. The fourth-order valence-corrected chi connectivity index (χ4v) is 2.09. The van der Waals surface area contributed by atoms with E-state index in [9.17, 15) is 0 Å². The number of halogens is 1. The highest BCUT2D eigenvalue weighted by atomic mass is 79.9. The van der Waals surface area contributed by atoms with Crippen molar-refractivity contribution in [1.82, 2.24) is 0 Å². The van der Waals surface area contributed by atoms with Crippen molar-refractivity contribution in [1.29, 1.82) is 0 Å². The summed E-state index contributed by atoms with van der Waals surface area (Å²) in [5.74, 6) is 0.763. The van der Waals surface area contributed by atoms with Gasteiger partial charge < -0.3 is 15.8 Å². The minimum Gasteiger partial charge on any atom is -0.497 e. The first-order valence-corrected chi connectivity index (χ1v) is 6.41. The normalized spacial score (nSPS) is 10.1. The van der Waals surface area contributed by atoms with Crippen LogP contribution in [0.15, 0.2) is 46.9 Å². The van der Waals surface area contributed by atoms with Gasteiger partial charge in [0.2, 0.25) is 0 Å². The molecule has 0 amide bonds. The van der Waals surface area contributed by atoms with Gasteiger partial charge in [-0.25, -0.2) is 0 Å². The molecule has 0 aliphatic carbocycles. The second-order valence-corrected chi connectivity index (χ2v) is 4.75. The molecule has 0 atom stereocenters. The van der Waals surface area contributed by atoms with Gasteiger partial charge in [-0.2, -0.15) is 0 Å². The Bertz CT molecular complexity index is 543. The number of methoxy groups -OCH3 is 1. The Morgan fingerprint density at radius 2 is 2.00 bits per heavy atom. The zero-order valence-electron chi connectivity index (χ0n) is 10.1. The van der Waals surface area contributed by atoms with E-state index in [1.54, 1.807) is 7.11 Å². The van der Waals surface area contributed by atoms with E-state index in [0.29, 0.717) is 5.69 Å². The number of hydrogen-bond acceptors (Lipinski definition) is 3. The molecule has 0 aliphatic heterocycles. The summed E-state index contributed by atoms with van der Waals surface area (Å²) >= 11 is 3.52. The predicted octanol–water partition coefficient (Wildman–Crippen LogP) is 3.65. The first-order chi connectivity index (χ1) is 8.70. The summed E-state index contributed by atoms with van der Waals surface area (Å²) in [4.78, 5) is 0. The number of hydrogen-bond donors (Lipinski definition) is 2. The molecule has 0 fully saturated rings. The van der Waals surface area contributed by atoms with Crippen LogP contribution in [0.2, 0.25) is 0 Å². The standard InChI is InChI=1S/C14H15BrN2O/c1-18-11-6-7-14(13(16)8-11)17-9-10-4-2-3-5-12(10)15/h2-8,17H,9,16H2,1H3. The van der Waals surface area contributed by atoms with Crippen LogP contribution < -0.4 is 15.8 Å². The van der Waals surface area contributed by atoms with Crippen molar-refractivity contribution in [3.05, 3.63) is 52.5 Å².